The predicted molar refractivity (Wildman–Crippen MR) is 83.4 cm³/mol. The van der Waals surface area contributed by atoms with Gasteiger partial charge in [-0.2, -0.15) is 0 Å². The average Bonchev–Trinajstić information content (AvgIpc) is 2.86. The number of nitrogens with zero attached hydrogens (tertiary/aromatic N) is 1. The van der Waals surface area contributed by atoms with Crippen molar-refractivity contribution in [3.8, 4) is 5.75 Å². The Morgan fingerprint density at radius 1 is 1.05 bits per heavy atom. The molecule has 0 bridgehead atoms. The van der Waals surface area contributed by atoms with Crippen molar-refractivity contribution in [2.45, 2.75) is 19.9 Å². The monoisotopic (exact) mass is 279 g/mol. The molecule has 3 nitrogen and oxygen atoms in total. The topological polar surface area (TPSA) is 31.2 Å². The summed E-state index contributed by atoms with van der Waals surface area (Å²) in [6.07, 6.45) is 2.28. The minimum Gasteiger partial charge on any atom is -0.424 e. The summed E-state index contributed by atoms with van der Waals surface area (Å²) >= 11 is 0. The largest absolute Gasteiger partial charge is 0.424 e. The van der Waals surface area contributed by atoms with Crippen LogP contribution in [0.25, 0.3) is 10.9 Å². The molecule has 2 aromatic carbocycles. The first kappa shape index (κ1) is 13.4. The number of ether oxygens (including phenoxy) is 1. The third kappa shape index (κ3) is 2.82. The smallest absolute Gasteiger partial charge is 0.310 e. The number of carbonyl (C=O) groups is 1. The number of benzene rings is 2. The molecule has 0 N–H and O–H groups in total. The minimum atomic E-state index is -0.211. The fourth-order valence-corrected chi connectivity index (χ4v) is 2.40. The second kappa shape index (κ2) is 5.83. The fourth-order valence-electron chi connectivity index (χ4n) is 2.40. The molecule has 3 rings (SSSR count). The van der Waals surface area contributed by atoms with Gasteiger partial charge < -0.3 is 9.30 Å². The highest BCUT2D eigenvalue weighted by molar-refractivity contribution is 5.89. The molecule has 0 aliphatic rings. The molecule has 0 atom stereocenters. The molecule has 3 heteroatoms. The second-order valence-electron chi connectivity index (χ2n) is 4.95. The maximum Gasteiger partial charge on any atom is 0.310 e. The van der Waals surface area contributed by atoms with Crippen LogP contribution in [-0.4, -0.2) is 10.5 Å². The van der Waals surface area contributed by atoms with Crippen LogP contribution in [0.4, 0.5) is 0 Å². The quantitative estimate of drug-likeness (QED) is 0.676. The van der Waals surface area contributed by atoms with E-state index in [2.05, 4.69) is 16.7 Å². The zero-order valence-electron chi connectivity index (χ0n) is 12.0. The van der Waals surface area contributed by atoms with Gasteiger partial charge in [0.05, 0.1) is 5.52 Å². The highest BCUT2D eigenvalue weighted by atomic mass is 16.5. The minimum absolute atomic E-state index is 0.211. The van der Waals surface area contributed by atoms with Crippen LogP contribution in [0.5, 0.6) is 5.75 Å². The van der Waals surface area contributed by atoms with Crippen LogP contribution in [-0.2, 0) is 11.3 Å². The third-order valence-electron chi connectivity index (χ3n) is 3.46. The van der Waals surface area contributed by atoms with Crippen LogP contribution >= 0.6 is 0 Å². The molecule has 0 spiro atoms. The molecule has 0 saturated carbocycles. The van der Waals surface area contributed by atoms with E-state index in [1.807, 2.05) is 48.7 Å². The van der Waals surface area contributed by atoms with Crippen LogP contribution in [0.15, 0.2) is 60.8 Å². The van der Waals surface area contributed by atoms with Gasteiger partial charge in [0.2, 0.25) is 0 Å². The second-order valence-corrected chi connectivity index (χ2v) is 4.95. The molecule has 0 fully saturated rings. The van der Waals surface area contributed by atoms with Crippen LogP contribution in [0, 0.1) is 0 Å². The van der Waals surface area contributed by atoms with E-state index < -0.39 is 0 Å². The first-order valence-corrected chi connectivity index (χ1v) is 7.10. The van der Waals surface area contributed by atoms with Gasteiger partial charge >= 0.3 is 5.97 Å². The number of hydrogen-bond donors (Lipinski definition) is 0. The van der Waals surface area contributed by atoms with Gasteiger partial charge in [0.25, 0.3) is 0 Å². The number of aromatic nitrogens is 1. The molecule has 0 aliphatic carbocycles. The van der Waals surface area contributed by atoms with Crippen molar-refractivity contribution < 1.29 is 9.53 Å². The summed E-state index contributed by atoms with van der Waals surface area (Å²) in [5, 5.41) is 0.968. The van der Waals surface area contributed by atoms with E-state index in [4.69, 9.17) is 4.74 Å². The van der Waals surface area contributed by atoms with Gasteiger partial charge in [-0.05, 0) is 17.7 Å². The summed E-state index contributed by atoms with van der Waals surface area (Å²) in [4.78, 5) is 11.6. The van der Waals surface area contributed by atoms with Gasteiger partial charge in [-0.1, -0.05) is 49.4 Å². The SMILES string of the molecule is CCC(=O)Oc1cn(Cc2ccccc2)c2ccccc12. The maximum atomic E-state index is 11.6. The molecule has 0 unspecified atom stereocenters. The van der Waals surface area contributed by atoms with Crippen LogP contribution < -0.4 is 4.74 Å². The van der Waals surface area contributed by atoms with Crippen molar-refractivity contribution >= 4 is 16.9 Å². The van der Waals surface area contributed by atoms with Crippen molar-refractivity contribution in [1.29, 1.82) is 0 Å². The molecule has 106 valence electrons. The molecule has 1 heterocycles. The third-order valence-corrected chi connectivity index (χ3v) is 3.46. The lowest BCUT2D eigenvalue weighted by Gasteiger charge is -2.04. The Morgan fingerprint density at radius 3 is 2.52 bits per heavy atom. The Labute approximate surface area is 123 Å². The average molecular weight is 279 g/mol. The molecule has 21 heavy (non-hydrogen) atoms. The van der Waals surface area contributed by atoms with Crippen molar-refractivity contribution in [2.24, 2.45) is 0 Å². The van der Waals surface area contributed by atoms with Crippen LogP contribution in [0.2, 0.25) is 0 Å². The van der Waals surface area contributed by atoms with E-state index in [1.54, 1.807) is 6.92 Å². The Morgan fingerprint density at radius 2 is 1.76 bits per heavy atom. The number of carbonyl (C=O) groups excluding carboxylic acids is 1. The normalized spacial score (nSPS) is 10.7. The summed E-state index contributed by atoms with van der Waals surface area (Å²) in [6, 6.07) is 18.2. The molecule has 0 aliphatic heterocycles. The molecule has 0 amide bonds. The number of para-hydroxylation sites is 1. The number of esters is 1. The zero-order chi connectivity index (χ0) is 14.7. The number of rotatable bonds is 4. The van der Waals surface area contributed by atoms with Gasteiger partial charge in [0.15, 0.2) is 5.75 Å². The van der Waals surface area contributed by atoms with Gasteiger partial charge in [0.1, 0.15) is 0 Å². The molecule has 0 saturated heterocycles. The van der Waals surface area contributed by atoms with E-state index in [-0.39, 0.29) is 5.97 Å². The summed E-state index contributed by atoms with van der Waals surface area (Å²) in [5.74, 6) is 0.422. The standard InChI is InChI=1S/C18H17NO2/c1-2-18(20)21-17-13-19(12-14-8-4-3-5-9-14)16-11-7-6-10-15(16)17/h3-11,13H,2,12H2,1H3. The highest BCUT2D eigenvalue weighted by Gasteiger charge is 2.12. The lowest BCUT2D eigenvalue weighted by atomic mass is 10.2. The van der Waals surface area contributed by atoms with Crippen molar-refractivity contribution in [1.82, 2.24) is 4.57 Å². The van der Waals surface area contributed by atoms with Gasteiger partial charge in [-0.3, -0.25) is 4.79 Å². The molecule has 3 aromatic rings. The first-order chi connectivity index (χ1) is 10.3. The summed E-state index contributed by atoms with van der Waals surface area (Å²) in [5.41, 5.74) is 2.28. The van der Waals surface area contributed by atoms with Crippen molar-refractivity contribution in [2.75, 3.05) is 0 Å². The number of fused-ring (bicyclic) bond motifs is 1. The predicted octanol–water partition coefficient (Wildman–Crippen LogP) is 4.01. The van der Waals surface area contributed by atoms with Crippen LogP contribution in [0.3, 0.4) is 0 Å². The maximum absolute atomic E-state index is 11.6. The van der Waals surface area contributed by atoms with Gasteiger partial charge in [-0.25, -0.2) is 0 Å². The highest BCUT2D eigenvalue weighted by Crippen LogP contribution is 2.29. The zero-order valence-corrected chi connectivity index (χ0v) is 12.0. The van der Waals surface area contributed by atoms with E-state index in [9.17, 15) is 4.79 Å². The summed E-state index contributed by atoms with van der Waals surface area (Å²) in [6.45, 7) is 2.55. The molecule has 0 radical (unpaired) electrons. The Bertz CT molecular complexity index is 759. The molecular weight excluding hydrogens is 262 g/mol. The molecular formula is C18H17NO2. The van der Waals surface area contributed by atoms with Crippen LogP contribution in [0.1, 0.15) is 18.9 Å². The summed E-state index contributed by atoms with van der Waals surface area (Å²) < 4.78 is 7.55. The molecule has 1 aromatic heterocycles. The van der Waals surface area contributed by atoms with E-state index >= 15 is 0 Å². The van der Waals surface area contributed by atoms with Gasteiger partial charge in [0, 0.05) is 24.5 Å². The lowest BCUT2D eigenvalue weighted by molar-refractivity contribution is -0.133. The summed E-state index contributed by atoms with van der Waals surface area (Å²) in [7, 11) is 0. The van der Waals surface area contributed by atoms with E-state index in [1.165, 1.54) is 5.56 Å². The Kier molecular flexibility index (Phi) is 3.73. The first-order valence-electron chi connectivity index (χ1n) is 7.10. The Hall–Kier alpha value is -2.55. The van der Waals surface area contributed by atoms with E-state index in [0.717, 1.165) is 17.4 Å². The van der Waals surface area contributed by atoms with E-state index in [0.29, 0.717) is 12.2 Å². The lowest BCUT2D eigenvalue weighted by Crippen LogP contribution is -2.05. The fraction of sp³-hybridized carbons (Fsp3) is 0.167. The van der Waals surface area contributed by atoms with Crippen molar-refractivity contribution in [3.05, 3.63) is 66.4 Å². The Balaban J connectivity index is 2.00. The number of hydrogen-bond acceptors (Lipinski definition) is 2. The van der Waals surface area contributed by atoms with Gasteiger partial charge in [-0.15, -0.1) is 0 Å². The van der Waals surface area contributed by atoms with Crippen molar-refractivity contribution in [3.63, 3.8) is 0 Å².